The Hall–Kier alpha value is -1.44. The molecule has 6 nitrogen and oxygen atoms in total. The number of urea groups is 1. The molecule has 2 aliphatic rings. The molecule has 4 N–H and O–H groups in total. The molecule has 2 fully saturated rings. The largest absolute Gasteiger partial charge is 0.335 e. The fraction of sp³-hybridized carbons (Fsp3) is 0.667. The number of carbonyl (C=O) groups is 2. The van der Waals surface area contributed by atoms with Crippen LogP contribution in [0.5, 0.6) is 0 Å². The Labute approximate surface area is 153 Å². The van der Waals surface area contributed by atoms with Crippen LogP contribution in [-0.4, -0.2) is 50.7 Å². The lowest BCUT2D eigenvalue weighted by Crippen LogP contribution is -3.28. The van der Waals surface area contributed by atoms with E-state index in [9.17, 15) is 9.59 Å². The number of carbonyl (C=O) groups excluding carboxylic acids is 2. The van der Waals surface area contributed by atoms with Gasteiger partial charge < -0.3 is 15.1 Å². The van der Waals surface area contributed by atoms with E-state index >= 15 is 0 Å². The van der Waals surface area contributed by atoms with Crippen molar-refractivity contribution in [1.29, 1.82) is 0 Å². The third kappa shape index (κ3) is 6.09. The fourth-order valence-electron chi connectivity index (χ4n) is 3.84. The molecule has 3 amide bonds. The summed E-state index contributed by atoms with van der Waals surface area (Å²) in [6.07, 6.45) is 5.65. The topological polar surface area (TPSA) is 67.1 Å². The van der Waals surface area contributed by atoms with Crippen LogP contribution in [0.25, 0.3) is 0 Å². The average Bonchev–Trinajstić information content (AvgIpc) is 3.10. The van der Waals surface area contributed by atoms with Gasteiger partial charge in [0.2, 0.25) is 0 Å². The molecule has 0 atom stereocenters. The Balaban J connectivity index is 1.32. The second kappa shape index (κ2) is 9.31. The van der Waals surface area contributed by atoms with E-state index < -0.39 is 0 Å². The number of thiophene rings is 1. The Morgan fingerprint density at radius 1 is 1.08 bits per heavy atom. The lowest BCUT2D eigenvalue weighted by molar-refractivity contribution is -1.01. The Bertz CT molecular complexity index is 549. The van der Waals surface area contributed by atoms with Crippen LogP contribution in [0.2, 0.25) is 0 Å². The van der Waals surface area contributed by atoms with Gasteiger partial charge in [-0.1, -0.05) is 25.3 Å². The molecule has 138 valence electrons. The number of hydrogen-bond donors (Lipinski definition) is 4. The highest BCUT2D eigenvalue weighted by molar-refractivity contribution is 7.09. The minimum Gasteiger partial charge on any atom is -0.335 e. The number of imide groups is 1. The van der Waals surface area contributed by atoms with Gasteiger partial charge in [-0.25, -0.2) is 4.79 Å². The lowest BCUT2D eigenvalue weighted by Gasteiger charge is -2.29. The van der Waals surface area contributed by atoms with Crippen molar-refractivity contribution >= 4 is 23.3 Å². The summed E-state index contributed by atoms with van der Waals surface area (Å²) in [5, 5.41) is 7.57. The summed E-state index contributed by atoms with van der Waals surface area (Å²) in [4.78, 5) is 28.3. The number of hydrogen-bond acceptors (Lipinski definition) is 3. The van der Waals surface area contributed by atoms with E-state index in [4.69, 9.17) is 0 Å². The first-order valence-electron chi connectivity index (χ1n) is 9.49. The average molecular weight is 367 g/mol. The van der Waals surface area contributed by atoms with E-state index in [1.54, 1.807) is 4.90 Å². The molecule has 0 unspecified atom stereocenters. The number of piperazine rings is 1. The van der Waals surface area contributed by atoms with Crippen LogP contribution in [0.3, 0.4) is 0 Å². The molecule has 0 aromatic carbocycles. The first kappa shape index (κ1) is 18.4. The maximum atomic E-state index is 12.1. The first-order valence-corrected chi connectivity index (χ1v) is 10.4. The minimum atomic E-state index is -0.321. The van der Waals surface area contributed by atoms with Gasteiger partial charge in [0.1, 0.15) is 32.7 Å². The van der Waals surface area contributed by atoms with Gasteiger partial charge in [-0.3, -0.25) is 10.1 Å². The van der Waals surface area contributed by atoms with Crippen molar-refractivity contribution in [3.8, 4) is 0 Å². The molecule has 3 rings (SSSR count). The zero-order valence-electron chi connectivity index (χ0n) is 14.8. The molecule has 1 saturated heterocycles. The van der Waals surface area contributed by atoms with Crippen molar-refractivity contribution in [1.82, 2.24) is 10.6 Å². The summed E-state index contributed by atoms with van der Waals surface area (Å²) in [7, 11) is 0. The highest BCUT2D eigenvalue weighted by Crippen LogP contribution is 2.17. The fourth-order valence-corrected chi connectivity index (χ4v) is 4.61. The predicted molar refractivity (Wildman–Crippen MR) is 97.8 cm³/mol. The molecule has 1 aromatic heterocycles. The summed E-state index contributed by atoms with van der Waals surface area (Å²) in [5.74, 6) is -0.162. The van der Waals surface area contributed by atoms with Crippen molar-refractivity contribution in [3.63, 3.8) is 0 Å². The number of rotatable bonds is 5. The Kier molecular flexibility index (Phi) is 6.84. The molecule has 1 aromatic rings. The Morgan fingerprint density at radius 2 is 1.80 bits per heavy atom. The van der Waals surface area contributed by atoms with Crippen molar-refractivity contribution in [2.75, 3.05) is 32.7 Å². The molecule has 25 heavy (non-hydrogen) atoms. The van der Waals surface area contributed by atoms with E-state index in [-0.39, 0.29) is 18.0 Å². The minimum absolute atomic E-state index is 0.162. The second-order valence-corrected chi connectivity index (χ2v) is 8.32. The summed E-state index contributed by atoms with van der Waals surface area (Å²) >= 11 is 1.81. The van der Waals surface area contributed by atoms with E-state index in [0.717, 1.165) is 45.6 Å². The van der Waals surface area contributed by atoms with Crippen LogP contribution in [0.4, 0.5) is 4.79 Å². The summed E-state index contributed by atoms with van der Waals surface area (Å²) in [5.41, 5.74) is 0. The van der Waals surface area contributed by atoms with Gasteiger partial charge in [0.15, 0.2) is 6.54 Å². The smallest absolute Gasteiger partial charge is 0.321 e. The van der Waals surface area contributed by atoms with Crippen molar-refractivity contribution in [2.45, 2.75) is 44.7 Å². The van der Waals surface area contributed by atoms with Gasteiger partial charge in [-0.2, -0.15) is 0 Å². The molecule has 7 heteroatoms. The summed E-state index contributed by atoms with van der Waals surface area (Å²) < 4.78 is 0. The van der Waals surface area contributed by atoms with Crippen molar-refractivity contribution in [3.05, 3.63) is 22.4 Å². The number of amides is 3. The van der Waals surface area contributed by atoms with Gasteiger partial charge >= 0.3 is 6.03 Å². The highest BCUT2D eigenvalue weighted by atomic mass is 32.1. The van der Waals surface area contributed by atoms with E-state index in [1.807, 2.05) is 11.3 Å². The molecular weight excluding hydrogens is 336 g/mol. The lowest BCUT2D eigenvalue weighted by atomic mass is 9.96. The predicted octanol–water partition coefficient (Wildman–Crippen LogP) is -0.810. The SMILES string of the molecule is O=C(C[NH+]1CC[NH+](Cc2cccs2)CC1)NC(=O)NC1CCCCC1. The zero-order chi connectivity index (χ0) is 17.5. The standard InChI is InChI=1S/C18H28N4O2S/c23-17(20-18(24)19-15-5-2-1-3-6-15)14-22-10-8-21(9-11-22)13-16-7-4-12-25-16/h4,7,12,15H,1-3,5-6,8-11,13-14H2,(H2,19,20,23,24)/p+2. The monoisotopic (exact) mass is 366 g/mol. The molecular formula is C18H30N4O2S+2. The molecule has 1 aliphatic carbocycles. The van der Waals surface area contributed by atoms with Crippen molar-refractivity contribution < 1.29 is 19.4 Å². The van der Waals surface area contributed by atoms with Crippen LogP contribution in [0.15, 0.2) is 17.5 Å². The summed E-state index contributed by atoms with van der Waals surface area (Å²) in [6.45, 7) is 5.60. The van der Waals surface area contributed by atoms with Gasteiger partial charge in [0.05, 0.1) is 4.88 Å². The maximum absolute atomic E-state index is 12.1. The van der Waals surface area contributed by atoms with Gasteiger partial charge in [0.25, 0.3) is 5.91 Å². The molecule has 1 aliphatic heterocycles. The summed E-state index contributed by atoms with van der Waals surface area (Å²) in [6, 6.07) is 4.20. The number of nitrogens with one attached hydrogen (secondary N) is 4. The molecule has 0 bridgehead atoms. The Morgan fingerprint density at radius 3 is 2.48 bits per heavy atom. The quantitative estimate of drug-likeness (QED) is 0.551. The molecule has 0 spiro atoms. The van der Waals surface area contributed by atoms with Crippen LogP contribution < -0.4 is 20.4 Å². The van der Waals surface area contributed by atoms with E-state index in [0.29, 0.717) is 6.54 Å². The third-order valence-electron chi connectivity index (χ3n) is 5.27. The molecule has 0 radical (unpaired) electrons. The van der Waals surface area contributed by atoms with Crippen LogP contribution >= 0.6 is 11.3 Å². The maximum Gasteiger partial charge on any atom is 0.321 e. The van der Waals surface area contributed by atoms with Crippen molar-refractivity contribution in [2.24, 2.45) is 0 Å². The van der Waals surface area contributed by atoms with Gasteiger partial charge in [-0.15, -0.1) is 11.3 Å². The number of quaternary nitrogens is 2. The third-order valence-corrected chi connectivity index (χ3v) is 6.15. The van der Waals surface area contributed by atoms with E-state index in [2.05, 4.69) is 28.1 Å². The van der Waals surface area contributed by atoms with Gasteiger partial charge in [0, 0.05) is 6.04 Å². The zero-order valence-corrected chi connectivity index (χ0v) is 15.6. The molecule has 2 heterocycles. The van der Waals surface area contributed by atoms with Crippen LogP contribution in [-0.2, 0) is 11.3 Å². The normalized spacial score (nSPS) is 24.6. The van der Waals surface area contributed by atoms with Gasteiger partial charge in [-0.05, 0) is 24.3 Å². The highest BCUT2D eigenvalue weighted by Gasteiger charge is 2.26. The first-order chi connectivity index (χ1) is 12.2. The van der Waals surface area contributed by atoms with E-state index in [1.165, 1.54) is 29.0 Å². The molecule has 1 saturated carbocycles. The van der Waals surface area contributed by atoms with Crippen LogP contribution in [0.1, 0.15) is 37.0 Å². The van der Waals surface area contributed by atoms with Crippen LogP contribution in [0, 0.1) is 0 Å². The second-order valence-electron chi connectivity index (χ2n) is 7.29.